The van der Waals surface area contributed by atoms with Crippen LogP contribution < -0.4 is 0 Å². The summed E-state index contributed by atoms with van der Waals surface area (Å²) in [6.45, 7) is 11.7. The van der Waals surface area contributed by atoms with Gasteiger partial charge in [0, 0.05) is 44.5 Å². The van der Waals surface area contributed by atoms with Crippen molar-refractivity contribution in [2.75, 3.05) is 19.7 Å². The highest BCUT2D eigenvalue weighted by Crippen LogP contribution is 2.21. The standard InChI is InChI=1S/C16H26N6O/c1-4-21-12-17-19-16(21)15-11-20(5-6-23-15)9-14-7-18-22(10-14)8-13(2)3/h7,10,12-13,15H,4-6,8-9,11H2,1-3H3/t15-/m0/s1. The summed E-state index contributed by atoms with van der Waals surface area (Å²) in [6.07, 6.45) is 5.89. The molecule has 3 rings (SSSR count). The molecule has 126 valence electrons. The molecule has 7 heteroatoms. The zero-order chi connectivity index (χ0) is 16.2. The Morgan fingerprint density at radius 2 is 2.26 bits per heavy atom. The van der Waals surface area contributed by atoms with Gasteiger partial charge in [-0.1, -0.05) is 13.8 Å². The predicted octanol–water partition coefficient (Wildman–Crippen LogP) is 1.72. The predicted molar refractivity (Wildman–Crippen MR) is 86.7 cm³/mol. The maximum absolute atomic E-state index is 5.90. The van der Waals surface area contributed by atoms with Crippen molar-refractivity contribution in [1.29, 1.82) is 0 Å². The van der Waals surface area contributed by atoms with Gasteiger partial charge >= 0.3 is 0 Å². The molecule has 0 aliphatic carbocycles. The Balaban J connectivity index is 1.61. The lowest BCUT2D eigenvalue weighted by Gasteiger charge is -2.32. The van der Waals surface area contributed by atoms with Crippen LogP contribution in [0.2, 0.25) is 0 Å². The molecule has 3 heterocycles. The van der Waals surface area contributed by atoms with E-state index in [0.717, 1.165) is 45.2 Å². The lowest BCUT2D eigenvalue weighted by molar-refractivity contribution is -0.0388. The third kappa shape index (κ3) is 3.97. The molecule has 0 radical (unpaired) electrons. The Kier molecular flexibility index (Phi) is 5.07. The SMILES string of the molecule is CCn1cnnc1[C@@H]1CN(Cc2cnn(CC(C)C)c2)CCO1. The molecule has 1 atom stereocenters. The molecule has 0 amide bonds. The molecule has 0 saturated carbocycles. The van der Waals surface area contributed by atoms with Crippen LogP contribution in [0.1, 0.15) is 38.3 Å². The van der Waals surface area contributed by atoms with E-state index in [0.29, 0.717) is 5.92 Å². The van der Waals surface area contributed by atoms with E-state index in [1.54, 1.807) is 6.33 Å². The van der Waals surface area contributed by atoms with E-state index in [1.165, 1.54) is 5.56 Å². The van der Waals surface area contributed by atoms with Crippen LogP contribution in [-0.4, -0.2) is 49.1 Å². The van der Waals surface area contributed by atoms with Crippen molar-refractivity contribution >= 4 is 0 Å². The number of hydrogen-bond acceptors (Lipinski definition) is 5. The van der Waals surface area contributed by atoms with Crippen LogP contribution in [0.25, 0.3) is 0 Å². The molecule has 1 aliphatic heterocycles. The normalized spacial score (nSPS) is 19.6. The summed E-state index contributed by atoms with van der Waals surface area (Å²) in [5, 5.41) is 12.7. The molecular weight excluding hydrogens is 292 g/mol. The number of morpholine rings is 1. The Morgan fingerprint density at radius 1 is 1.39 bits per heavy atom. The Labute approximate surface area is 137 Å². The van der Waals surface area contributed by atoms with Crippen LogP contribution >= 0.6 is 0 Å². The van der Waals surface area contributed by atoms with E-state index in [9.17, 15) is 0 Å². The van der Waals surface area contributed by atoms with Crippen LogP contribution in [-0.2, 0) is 24.4 Å². The highest BCUT2D eigenvalue weighted by molar-refractivity contribution is 5.05. The Bertz CT molecular complexity index is 620. The van der Waals surface area contributed by atoms with Crippen LogP contribution in [0.15, 0.2) is 18.7 Å². The molecule has 0 spiro atoms. The van der Waals surface area contributed by atoms with E-state index in [-0.39, 0.29) is 6.10 Å². The van der Waals surface area contributed by atoms with Gasteiger partial charge in [-0.15, -0.1) is 10.2 Å². The molecule has 2 aromatic rings. The monoisotopic (exact) mass is 318 g/mol. The maximum atomic E-state index is 5.90. The maximum Gasteiger partial charge on any atom is 0.163 e. The van der Waals surface area contributed by atoms with E-state index in [1.807, 2.05) is 10.9 Å². The zero-order valence-corrected chi connectivity index (χ0v) is 14.2. The first-order valence-corrected chi connectivity index (χ1v) is 8.38. The van der Waals surface area contributed by atoms with Crippen LogP contribution in [0.3, 0.4) is 0 Å². The van der Waals surface area contributed by atoms with E-state index in [4.69, 9.17) is 4.74 Å². The molecule has 2 aromatic heterocycles. The topological polar surface area (TPSA) is 61.0 Å². The number of rotatable bonds is 6. The Hall–Kier alpha value is -1.73. The van der Waals surface area contributed by atoms with Gasteiger partial charge in [0.05, 0.1) is 12.8 Å². The first-order chi connectivity index (χ1) is 11.2. The van der Waals surface area contributed by atoms with Crippen molar-refractivity contribution in [3.63, 3.8) is 0 Å². The fourth-order valence-corrected chi connectivity index (χ4v) is 2.98. The highest BCUT2D eigenvalue weighted by Gasteiger charge is 2.26. The molecule has 7 nitrogen and oxygen atoms in total. The first-order valence-electron chi connectivity index (χ1n) is 8.38. The number of hydrogen-bond donors (Lipinski definition) is 0. The summed E-state index contributed by atoms with van der Waals surface area (Å²) in [7, 11) is 0. The van der Waals surface area contributed by atoms with Crippen LogP contribution in [0, 0.1) is 5.92 Å². The smallest absolute Gasteiger partial charge is 0.163 e. The van der Waals surface area contributed by atoms with Gasteiger partial charge in [0.25, 0.3) is 0 Å². The van der Waals surface area contributed by atoms with Crippen molar-refractivity contribution in [3.8, 4) is 0 Å². The second-order valence-electron chi connectivity index (χ2n) is 6.53. The average Bonchev–Trinajstić information content (AvgIpc) is 3.16. The van der Waals surface area contributed by atoms with Crippen molar-refractivity contribution in [3.05, 3.63) is 30.1 Å². The summed E-state index contributed by atoms with van der Waals surface area (Å²) in [5.74, 6) is 1.53. The average molecular weight is 318 g/mol. The van der Waals surface area contributed by atoms with Crippen LogP contribution in [0.4, 0.5) is 0 Å². The van der Waals surface area contributed by atoms with Gasteiger partial charge in [-0.3, -0.25) is 9.58 Å². The van der Waals surface area contributed by atoms with Crippen molar-refractivity contribution in [2.24, 2.45) is 5.92 Å². The number of ether oxygens (including phenoxy) is 1. The second kappa shape index (κ2) is 7.23. The first kappa shape index (κ1) is 16.1. The fraction of sp³-hybridized carbons (Fsp3) is 0.688. The molecule has 0 aromatic carbocycles. The number of aryl methyl sites for hydroxylation is 1. The van der Waals surface area contributed by atoms with Gasteiger partial charge in [-0.25, -0.2) is 0 Å². The molecule has 0 N–H and O–H groups in total. The van der Waals surface area contributed by atoms with E-state index >= 15 is 0 Å². The molecule has 1 aliphatic rings. The molecule has 0 unspecified atom stereocenters. The van der Waals surface area contributed by atoms with Crippen molar-refractivity contribution in [1.82, 2.24) is 29.4 Å². The minimum atomic E-state index is -0.00286. The van der Waals surface area contributed by atoms with Gasteiger partial charge in [0.1, 0.15) is 12.4 Å². The van der Waals surface area contributed by atoms with Gasteiger partial charge in [0.15, 0.2) is 5.82 Å². The summed E-state index contributed by atoms with van der Waals surface area (Å²) >= 11 is 0. The Morgan fingerprint density at radius 3 is 3.04 bits per heavy atom. The van der Waals surface area contributed by atoms with Gasteiger partial charge in [-0.2, -0.15) is 5.10 Å². The van der Waals surface area contributed by atoms with E-state index in [2.05, 4.69) is 51.7 Å². The lowest BCUT2D eigenvalue weighted by atomic mass is 10.2. The summed E-state index contributed by atoms with van der Waals surface area (Å²) < 4.78 is 9.99. The molecule has 23 heavy (non-hydrogen) atoms. The molecule has 1 fully saturated rings. The van der Waals surface area contributed by atoms with Gasteiger partial charge < -0.3 is 9.30 Å². The van der Waals surface area contributed by atoms with Crippen LogP contribution in [0.5, 0.6) is 0 Å². The minimum Gasteiger partial charge on any atom is -0.368 e. The third-order valence-electron chi connectivity index (χ3n) is 4.07. The van der Waals surface area contributed by atoms with Gasteiger partial charge in [-0.05, 0) is 12.8 Å². The highest BCUT2D eigenvalue weighted by atomic mass is 16.5. The minimum absolute atomic E-state index is 0.00286. The summed E-state index contributed by atoms with van der Waals surface area (Å²) in [5.41, 5.74) is 1.25. The summed E-state index contributed by atoms with van der Waals surface area (Å²) in [4.78, 5) is 2.40. The molecule has 1 saturated heterocycles. The van der Waals surface area contributed by atoms with Gasteiger partial charge in [0.2, 0.25) is 0 Å². The number of aromatic nitrogens is 5. The molecular formula is C16H26N6O. The lowest BCUT2D eigenvalue weighted by Crippen LogP contribution is -2.38. The molecule has 0 bridgehead atoms. The van der Waals surface area contributed by atoms with Crippen molar-refractivity contribution in [2.45, 2.75) is 46.5 Å². The third-order valence-corrected chi connectivity index (χ3v) is 4.07. The second-order valence-corrected chi connectivity index (χ2v) is 6.53. The van der Waals surface area contributed by atoms with Crippen molar-refractivity contribution < 1.29 is 4.74 Å². The zero-order valence-electron chi connectivity index (χ0n) is 14.2. The quantitative estimate of drug-likeness (QED) is 0.811. The largest absolute Gasteiger partial charge is 0.368 e. The fourth-order valence-electron chi connectivity index (χ4n) is 2.98. The van der Waals surface area contributed by atoms with E-state index < -0.39 is 0 Å². The summed E-state index contributed by atoms with van der Waals surface area (Å²) in [6, 6.07) is 0. The number of nitrogens with zero attached hydrogens (tertiary/aromatic N) is 6.